The minimum Gasteiger partial charge on any atom is -0.478 e. The number of pyridine rings is 1. The molecule has 0 aliphatic carbocycles. The number of unbranched alkanes of at least 4 members (excludes halogenated alkanes) is 4. The molecule has 0 saturated carbocycles. The van der Waals surface area contributed by atoms with Crippen LogP contribution in [0.5, 0.6) is 5.88 Å². The molecule has 0 fully saturated rings. The third kappa shape index (κ3) is 5.50. The second-order valence-corrected chi connectivity index (χ2v) is 4.69. The van der Waals surface area contributed by atoms with E-state index in [1.165, 1.54) is 31.2 Å². The molecule has 1 N–H and O–H groups in total. The largest absolute Gasteiger partial charge is 0.478 e. The van der Waals surface area contributed by atoms with Crippen molar-refractivity contribution < 1.29 is 4.74 Å². The Bertz CT molecular complexity index is 339. The highest BCUT2D eigenvalue weighted by Gasteiger charge is 2.01. The molecule has 0 aliphatic heterocycles. The zero-order valence-electron chi connectivity index (χ0n) is 12.0. The Kier molecular flexibility index (Phi) is 7.42. The van der Waals surface area contributed by atoms with E-state index in [1.807, 2.05) is 20.0 Å². The number of rotatable bonds is 9. The van der Waals surface area contributed by atoms with Crippen LogP contribution in [0.4, 0.5) is 0 Å². The van der Waals surface area contributed by atoms with Crippen molar-refractivity contribution >= 4 is 0 Å². The summed E-state index contributed by atoms with van der Waals surface area (Å²) in [4.78, 5) is 4.46. The molecule has 0 atom stereocenters. The van der Waals surface area contributed by atoms with E-state index < -0.39 is 0 Å². The molecular weight excluding hydrogens is 224 g/mol. The molecule has 0 aliphatic rings. The SMILES string of the molecule is CCCCCCCOc1ccc(CNC)c(C)n1. The summed E-state index contributed by atoms with van der Waals surface area (Å²) in [6.45, 7) is 5.90. The molecular formula is C15H26N2O. The fourth-order valence-corrected chi connectivity index (χ4v) is 1.91. The molecule has 1 rings (SSSR count). The Balaban J connectivity index is 2.28. The summed E-state index contributed by atoms with van der Waals surface area (Å²) in [5.74, 6) is 0.753. The maximum absolute atomic E-state index is 5.67. The molecule has 1 aromatic rings. The van der Waals surface area contributed by atoms with E-state index in [4.69, 9.17) is 4.74 Å². The van der Waals surface area contributed by atoms with E-state index in [2.05, 4.69) is 23.3 Å². The fourth-order valence-electron chi connectivity index (χ4n) is 1.91. The summed E-state index contributed by atoms with van der Waals surface area (Å²) in [5, 5.41) is 3.14. The number of hydrogen-bond donors (Lipinski definition) is 1. The summed E-state index contributed by atoms with van der Waals surface area (Å²) < 4.78 is 5.67. The van der Waals surface area contributed by atoms with Crippen molar-refractivity contribution in [1.29, 1.82) is 0 Å². The fraction of sp³-hybridized carbons (Fsp3) is 0.667. The van der Waals surface area contributed by atoms with Crippen LogP contribution in [0.2, 0.25) is 0 Å². The van der Waals surface area contributed by atoms with E-state index >= 15 is 0 Å². The van der Waals surface area contributed by atoms with Crippen molar-refractivity contribution in [2.75, 3.05) is 13.7 Å². The van der Waals surface area contributed by atoms with Gasteiger partial charge in [-0.15, -0.1) is 0 Å². The van der Waals surface area contributed by atoms with E-state index in [9.17, 15) is 0 Å². The number of nitrogens with one attached hydrogen (secondary N) is 1. The number of aromatic nitrogens is 1. The lowest BCUT2D eigenvalue weighted by Crippen LogP contribution is -2.08. The lowest BCUT2D eigenvalue weighted by molar-refractivity contribution is 0.292. The average molecular weight is 250 g/mol. The predicted molar refractivity (Wildman–Crippen MR) is 76.0 cm³/mol. The van der Waals surface area contributed by atoms with Crippen LogP contribution >= 0.6 is 0 Å². The van der Waals surface area contributed by atoms with Gasteiger partial charge in [0.05, 0.1) is 6.61 Å². The monoisotopic (exact) mass is 250 g/mol. The first-order valence-electron chi connectivity index (χ1n) is 7.01. The number of hydrogen-bond acceptors (Lipinski definition) is 3. The van der Waals surface area contributed by atoms with Gasteiger partial charge in [0.15, 0.2) is 0 Å². The minimum absolute atomic E-state index is 0.753. The third-order valence-corrected chi connectivity index (χ3v) is 3.03. The van der Waals surface area contributed by atoms with E-state index in [0.717, 1.165) is 31.1 Å². The van der Waals surface area contributed by atoms with Crippen LogP contribution in [0.25, 0.3) is 0 Å². The van der Waals surface area contributed by atoms with Crippen LogP contribution in [0, 0.1) is 6.92 Å². The van der Waals surface area contributed by atoms with E-state index in [1.54, 1.807) is 0 Å². The van der Waals surface area contributed by atoms with E-state index in [0.29, 0.717) is 0 Å². The third-order valence-electron chi connectivity index (χ3n) is 3.03. The maximum atomic E-state index is 5.67. The number of ether oxygens (including phenoxy) is 1. The normalized spacial score (nSPS) is 10.6. The highest BCUT2D eigenvalue weighted by atomic mass is 16.5. The topological polar surface area (TPSA) is 34.1 Å². The van der Waals surface area contributed by atoms with Crippen LogP contribution in [-0.4, -0.2) is 18.6 Å². The van der Waals surface area contributed by atoms with Gasteiger partial charge in [0, 0.05) is 18.3 Å². The molecule has 0 saturated heterocycles. The molecule has 0 bridgehead atoms. The van der Waals surface area contributed by atoms with Crippen molar-refractivity contribution in [3.05, 3.63) is 23.4 Å². The summed E-state index contributed by atoms with van der Waals surface area (Å²) in [6.07, 6.45) is 6.31. The molecule has 18 heavy (non-hydrogen) atoms. The zero-order valence-corrected chi connectivity index (χ0v) is 12.0. The van der Waals surface area contributed by atoms with Gasteiger partial charge < -0.3 is 10.1 Å². The Morgan fingerprint density at radius 1 is 1.17 bits per heavy atom. The van der Waals surface area contributed by atoms with Gasteiger partial charge in [-0.25, -0.2) is 4.98 Å². The molecule has 0 spiro atoms. The first-order chi connectivity index (χ1) is 8.77. The summed E-state index contributed by atoms with van der Waals surface area (Å²) >= 11 is 0. The minimum atomic E-state index is 0.753. The van der Waals surface area contributed by atoms with Crippen molar-refractivity contribution in [1.82, 2.24) is 10.3 Å². The molecule has 1 heterocycles. The van der Waals surface area contributed by atoms with Crippen LogP contribution in [0.15, 0.2) is 12.1 Å². The standard InChI is InChI=1S/C15H26N2O/c1-4-5-6-7-8-11-18-15-10-9-14(12-16-3)13(2)17-15/h9-10,16H,4-8,11-12H2,1-3H3. The molecule has 3 heteroatoms. The summed E-state index contributed by atoms with van der Waals surface area (Å²) in [7, 11) is 1.94. The van der Waals surface area contributed by atoms with E-state index in [-0.39, 0.29) is 0 Å². The second-order valence-electron chi connectivity index (χ2n) is 4.69. The predicted octanol–water partition coefficient (Wildman–Crippen LogP) is 3.46. The smallest absolute Gasteiger partial charge is 0.213 e. The Labute approximate surface area is 111 Å². The molecule has 1 aromatic heterocycles. The molecule has 0 radical (unpaired) electrons. The quantitative estimate of drug-likeness (QED) is 0.682. The second kappa shape index (κ2) is 8.92. The van der Waals surface area contributed by atoms with Gasteiger partial charge in [0.2, 0.25) is 5.88 Å². The molecule has 0 unspecified atom stereocenters. The van der Waals surface area contributed by atoms with Gasteiger partial charge in [0.1, 0.15) is 0 Å². The van der Waals surface area contributed by atoms with Crippen molar-refractivity contribution in [2.24, 2.45) is 0 Å². The molecule has 102 valence electrons. The van der Waals surface area contributed by atoms with Crippen LogP contribution in [0.1, 0.15) is 50.3 Å². The van der Waals surface area contributed by atoms with Gasteiger partial charge in [0.25, 0.3) is 0 Å². The van der Waals surface area contributed by atoms with Crippen molar-refractivity contribution in [2.45, 2.75) is 52.5 Å². The Hall–Kier alpha value is -1.09. The lowest BCUT2D eigenvalue weighted by atomic mass is 10.2. The molecule has 3 nitrogen and oxygen atoms in total. The van der Waals surface area contributed by atoms with Crippen molar-refractivity contribution in [3.8, 4) is 5.88 Å². The number of nitrogens with zero attached hydrogens (tertiary/aromatic N) is 1. The molecule has 0 amide bonds. The average Bonchev–Trinajstić information content (AvgIpc) is 2.37. The van der Waals surface area contributed by atoms with Gasteiger partial charge >= 0.3 is 0 Å². The van der Waals surface area contributed by atoms with Gasteiger partial charge in [-0.2, -0.15) is 0 Å². The van der Waals surface area contributed by atoms with Gasteiger partial charge in [-0.05, 0) is 26.0 Å². The molecule has 0 aromatic carbocycles. The Morgan fingerprint density at radius 2 is 1.94 bits per heavy atom. The van der Waals surface area contributed by atoms with Crippen LogP contribution in [-0.2, 0) is 6.54 Å². The van der Waals surface area contributed by atoms with Gasteiger partial charge in [-0.1, -0.05) is 38.7 Å². The lowest BCUT2D eigenvalue weighted by Gasteiger charge is -2.08. The summed E-state index contributed by atoms with van der Waals surface area (Å²) in [6, 6.07) is 4.05. The zero-order chi connectivity index (χ0) is 13.2. The number of aryl methyl sites for hydroxylation is 1. The summed E-state index contributed by atoms with van der Waals surface area (Å²) in [5.41, 5.74) is 2.28. The van der Waals surface area contributed by atoms with Crippen LogP contribution in [0.3, 0.4) is 0 Å². The maximum Gasteiger partial charge on any atom is 0.213 e. The highest BCUT2D eigenvalue weighted by molar-refractivity contribution is 5.24. The van der Waals surface area contributed by atoms with Crippen molar-refractivity contribution in [3.63, 3.8) is 0 Å². The van der Waals surface area contributed by atoms with Gasteiger partial charge in [-0.3, -0.25) is 0 Å². The highest BCUT2D eigenvalue weighted by Crippen LogP contribution is 2.13. The first kappa shape index (κ1) is 15.0. The Morgan fingerprint density at radius 3 is 2.61 bits per heavy atom. The first-order valence-corrected chi connectivity index (χ1v) is 7.01. The van der Waals surface area contributed by atoms with Crippen LogP contribution < -0.4 is 10.1 Å².